The molecule has 3 aromatic heterocycles. The molecule has 3 aliphatic carbocycles. The van der Waals surface area contributed by atoms with Crippen molar-refractivity contribution in [3.05, 3.63) is 178 Å². The number of rotatable bonds is 6. The minimum atomic E-state index is -0.241. The zero-order valence-electron chi connectivity index (χ0n) is 24.8. The second-order valence-electron chi connectivity index (χ2n) is 11.5. The Morgan fingerprint density at radius 2 is 0.745 bits per heavy atom. The Bertz CT molecular complexity index is 2080. The number of aromatic nitrogens is 3. The molecule has 0 saturated heterocycles. The number of anilines is 3. The second kappa shape index (κ2) is 11.5. The molecular weight excluding hydrogens is 588 g/mol. The summed E-state index contributed by atoms with van der Waals surface area (Å²) in [6, 6.07) is 28.4. The van der Waals surface area contributed by atoms with Gasteiger partial charge in [0.05, 0.1) is 16.7 Å². The van der Waals surface area contributed by atoms with Gasteiger partial charge in [-0.3, -0.25) is 29.3 Å². The van der Waals surface area contributed by atoms with Crippen molar-refractivity contribution < 1.29 is 14.4 Å². The Balaban J connectivity index is 1.18. The van der Waals surface area contributed by atoms with Crippen molar-refractivity contribution in [2.24, 2.45) is 0 Å². The van der Waals surface area contributed by atoms with Gasteiger partial charge in [-0.25, -0.2) is 0 Å². The molecular formula is C38H26N6O3. The third-order valence-corrected chi connectivity index (χ3v) is 8.67. The van der Waals surface area contributed by atoms with Gasteiger partial charge >= 0.3 is 0 Å². The van der Waals surface area contributed by atoms with Crippen molar-refractivity contribution in [2.75, 3.05) is 16.0 Å². The Hall–Kier alpha value is -6.48. The first kappa shape index (κ1) is 28.0. The first-order chi connectivity index (χ1) is 23.0. The van der Waals surface area contributed by atoms with Crippen LogP contribution >= 0.6 is 0 Å². The highest BCUT2D eigenvalue weighted by molar-refractivity contribution is 6.05. The van der Waals surface area contributed by atoms with Gasteiger partial charge in [0, 0.05) is 66.1 Å². The van der Waals surface area contributed by atoms with E-state index in [1.807, 2.05) is 36.4 Å². The van der Waals surface area contributed by atoms with Crippen LogP contribution in [0.25, 0.3) is 0 Å². The average molecular weight is 615 g/mol. The van der Waals surface area contributed by atoms with Gasteiger partial charge in [0.25, 0.3) is 17.7 Å². The lowest BCUT2D eigenvalue weighted by atomic mass is 9.61. The minimum Gasteiger partial charge on any atom is -0.322 e. The number of carbonyl (C=O) groups is 3. The summed E-state index contributed by atoms with van der Waals surface area (Å²) in [6.07, 6.45) is 9.50. The molecule has 9 heteroatoms. The molecule has 0 atom stereocenters. The molecule has 3 N–H and O–H groups in total. The van der Waals surface area contributed by atoms with Gasteiger partial charge in [-0.05, 0) is 106 Å². The predicted molar refractivity (Wildman–Crippen MR) is 178 cm³/mol. The number of amides is 3. The third-order valence-electron chi connectivity index (χ3n) is 8.67. The molecule has 3 aromatic carbocycles. The largest absolute Gasteiger partial charge is 0.322 e. The number of nitrogens with zero attached hydrogens (tertiary/aromatic N) is 3. The molecule has 9 rings (SSSR count). The number of pyridine rings is 3. The summed E-state index contributed by atoms with van der Waals surface area (Å²) in [6.45, 7) is 0. The van der Waals surface area contributed by atoms with Crippen LogP contribution in [-0.4, -0.2) is 32.7 Å². The van der Waals surface area contributed by atoms with Crippen molar-refractivity contribution >= 4 is 34.8 Å². The lowest BCUT2D eigenvalue weighted by Crippen LogP contribution is -2.28. The van der Waals surface area contributed by atoms with Crippen LogP contribution in [0.5, 0.6) is 0 Å². The summed E-state index contributed by atoms with van der Waals surface area (Å²) in [7, 11) is 0. The molecule has 6 aromatic rings. The Morgan fingerprint density at radius 1 is 0.426 bits per heavy atom. The Labute approximate surface area is 269 Å². The van der Waals surface area contributed by atoms with E-state index in [1.165, 1.54) is 18.6 Å². The third kappa shape index (κ3) is 5.09. The summed E-state index contributed by atoms with van der Waals surface area (Å²) in [4.78, 5) is 51.2. The lowest BCUT2D eigenvalue weighted by molar-refractivity contribution is 0.101. The molecule has 0 unspecified atom stereocenters. The van der Waals surface area contributed by atoms with Gasteiger partial charge in [-0.1, -0.05) is 18.2 Å². The normalized spacial score (nSPS) is 15.1. The molecule has 9 nitrogen and oxygen atoms in total. The van der Waals surface area contributed by atoms with E-state index in [4.69, 9.17) is 0 Å². The van der Waals surface area contributed by atoms with E-state index in [0.29, 0.717) is 33.8 Å². The summed E-state index contributed by atoms with van der Waals surface area (Å²) < 4.78 is 0. The van der Waals surface area contributed by atoms with E-state index in [1.54, 1.807) is 55.0 Å². The molecule has 2 bridgehead atoms. The highest BCUT2D eigenvalue weighted by Crippen LogP contribution is 2.57. The van der Waals surface area contributed by atoms with E-state index in [9.17, 15) is 14.4 Å². The van der Waals surface area contributed by atoms with E-state index in [0.717, 1.165) is 33.4 Å². The SMILES string of the molecule is O=C(Nc1ccc2c(c1)C1c3ccc(NC(=O)c4cccnc4)cc3C2c2cc(NC(=O)c3cccnc3)ccc21)c1cccnc1. The Kier molecular flexibility index (Phi) is 6.84. The van der Waals surface area contributed by atoms with Crippen LogP contribution in [0.15, 0.2) is 128 Å². The molecule has 0 fully saturated rings. The number of nitrogens with one attached hydrogen (secondary N) is 3. The van der Waals surface area contributed by atoms with E-state index in [-0.39, 0.29) is 29.6 Å². The van der Waals surface area contributed by atoms with Crippen molar-refractivity contribution in [3.8, 4) is 0 Å². The van der Waals surface area contributed by atoms with E-state index in [2.05, 4.69) is 49.1 Å². The first-order valence-corrected chi connectivity index (χ1v) is 15.1. The molecule has 3 amide bonds. The lowest BCUT2D eigenvalue weighted by Gasteiger charge is -2.42. The average Bonchev–Trinajstić information content (AvgIpc) is 3.12. The van der Waals surface area contributed by atoms with E-state index >= 15 is 0 Å². The first-order valence-electron chi connectivity index (χ1n) is 15.1. The van der Waals surface area contributed by atoms with Crippen molar-refractivity contribution in [1.82, 2.24) is 15.0 Å². The summed E-state index contributed by atoms with van der Waals surface area (Å²) >= 11 is 0. The topological polar surface area (TPSA) is 126 Å². The maximum Gasteiger partial charge on any atom is 0.257 e. The van der Waals surface area contributed by atoms with Gasteiger partial charge in [0.1, 0.15) is 0 Å². The summed E-state index contributed by atoms with van der Waals surface area (Å²) in [5.74, 6) is -1.01. The molecule has 0 saturated carbocycles. The van der Waals surface area contributed by atoms with Crippen LogP contribution in [0.3, 0.4) is 0 Å². The van der Waals surface area contributed by atoms with Gasteiger partial charge in [-0.15, -0.1) is 0 Å². The zero-order valence-corrected chi connectivity index (χ0v) is 24.8. The fraction of sp³-hybridized carbons (Fsp3) is 0.0526. The molecule has 3 heterocycles. The molecule has 0 spiro atoms. The van der Waals surface area contributed by atoms with Crippen molar-refractivity contribution in [1.29, 1.82) is 0 Å². The molecule has 226 valence electrons. The highest BCUT2D eigenvalue weighted by atomic mass is 16.2. The molecule has 0 radical (unpaired) electrons. The quantitative estimate of drug-likeness (QED) is 0.193. The molecule has 47 heavy (non-hydrogen) atoms. The van der Waals surface area contributed by atoms with Gasteiger partial charge < -0.3 is 16.0 Å². The maximum atomic E-state index is 13.0. The fourth-order valence-electron chi connectivity index (χ4n) is 6.60. The monoisotopic (exact) mass is 614 g/mol. The second-order valence-corrected chi connectivity index (χ2v) is 11.5. The van der Waals surface area contributed by atoms with Crippen LogP contribution in [0.2, 0.25) is 0 Å². The zero-order chi connectivity index (χ0) is 31.9. The number of hydrogen-bond acceptors (Lipinski definition) is 6. The predicted octanol–water partition coefficient (Wildman–Crippen LogP) is 6.62. The minimum absolute atomic E-state index is 0.124. The van der Waals surface area contributed by atoms with Crippen LogP contribution in [0, 0.1) is 0 Å². The number of hydrogen-bond donors (Lipinski definition) is 3. The number of carbonyl (C=O) groups excluding carboxylic acids is 3. The van der Waals surface area contributed by atoms with Crippen LogP contribution in [-0.2, 0) is 0 Å². The van der Waals surface area contributed by atoms with Crippen LogP contribution in [0.1, 0.15) is 76.3 Å². The van der Waals surface area contributed by atoms with Gasteiger partial charge in [0.2, 0.25) is 0 Å². The van der Waals surface area contributed by atoms with Crippen molar-refractivity contribution in [2.45, 2.75) is 11.8 Å². The summed E-state index contributed by atoms with van der Waals surface area (Å²) in [5.41, 5.74) is 10.0. The van der Waals surface area contributed by atoms with Crippen molar-refractivity contribution in [3.63, 3.8) is 0 Å². The molecule has 3 aliphatic rings. The van der Waals surface area contributed by atoms with Gasteiger partial charge in [0.15, 0.2) is 0 Å². The summed E-state index contributed by atoms with van der Waals surface area (Å²) in [5, 5.41) is 9.07. The van der Waals surface area contributed by atoms with Crippen LogP contribution in [0.4, 0.5) is 17.1 Å². The smallest absolute Gasteiger partial charge is 0.257 e. The highest BCUT2D eigenvalue weighted by Gasteiger charge is 2.42. The fourth-order valence-corrected chi connectivity index (χ4v) is 6.60. The van der Waals surface area contributed by atoms with E-state index < -0.39 is 0 Å². The standard InChI is InChI=1S/C38H26N6O3/c45-36(22-4-1-13-39-19-22)42-25-9-12-30-31(16-25)34-28-10-7-26(43-37(46)23-5-2-14-40-20-23)17-32(28)35(30)33-18-27(8-11-29(33)34)44-38(47)24-6-3-15-41-21-24/h1-21,34-35H,(H,42,45)(H,43,46)(H,44,47). The number of benzene rings is 3. The van der Waals surface area contributed by atoms with Crippen LogP contribution < -0.4 is 16.0 Å². The Morgan fingerprint density at radius 3 is 1.04 bits per heavy atom. The maximum absolute atomic E-state index is 13.0. The van der Waals surface area contributed by atoms with Gasteiger partial charge in [-0.2, -0.15) is 0 Å². The molecule has 0 aliphatic heterocycles.